The summed E-state index contributed by atoms with van der Waals surface area (Å²) in [5.41, 5.74) is 0. The molecule has 378 valence electrons. The quantitative estimate of drug-likeness (QED) is 0.0262. The average molecular weight is 927 g/mol. The molecule has 0 saturated carbocycles. The van der Waals surface area contributed by atoms with Crippen LogP contribution in [-0.4, -0.2) is 37.2 Å². The van der Waals surface area contributed by atoms with Crippen molar-refractivity contribution in [2.45, 2.75) is 232 Å². The fourth-order valence-electron chi connectivity index (χ4n) is 6.93. The van der Waals surface area contributed by atoms with Gasteiger partial charge in [-0.2, -0.15) is 0 Å². The maximum atomic E-state index is 12.8. The molecule has 0 fully saturated rings. The Morgan fingerprint density at radius 1 is 0.313 bits per heavy atom. The summed E-state index contributed by atoms with van der Waals surface area (Å²) in [7, 11) is 0. The second-order valence-electron chi connectivity index (χ2n) is 17.4. The van der Waals surface area contributed by atoms with Crippen LogP contribution in [0, 0.1) is 0 Å². The van der Waals surface area contributed by atoms with Gasteiger partial charge in [-0.15, -0.1) is 0 Å². The normalized spacial score (nSPS) is 13.1. The highest BCUT2D eigenvalue weighted by atomic mass is 16.6. The SMILES string of the molecule is CC/C=C/C/C=C/C/C=C/C/C=C/C/C=C/C/C=C/CCC(=O)OC[C@@H](COC(=O)CCCCCCCCCCCCCCC)OC(=O)CCC/C=C/C/C=C/C/C=C/C/C=C/CCCCC. The molecule has 67 heavy (non-hydrogen) atoms. The van der Waals surface area contributed by atoms with Crippen molar-refractivity contribution >= 4 is 17.9 Å². The lowest BCUT2D eigenvalue weighted by molar-refractivity contribution is -0.166. The number of rotatable bonds is 47. The Balaban J connectivity index is 4.60. The first-order valence-electron chi connectivity index (χ1n) is 27.0. The molecule has 0 spiro atoms. The van der Waals surface area contributed by atoms with Crippen molar-refractivity contribution in [2.75, 3.05) is 13.2 Å². The predicted octanol–water partition coefficient (Wildman–Crippen LogP) is 18.1. The number of unbranched alkanes of at least 4 members (excludes halogenated alkanes) is 16. The largest absolute Gasteiger partial charge is 0.462 e. The highest BCUT2D eigenvalue weighted by Crippen LogP contribution is 2.14. The maximum Gasteiger partial charge on any atom is 0.306 e. The lowest BCUT2D eigenvalue weighted by atomic mass is 10.0. The van der Waals surface area contributed by atoms with Gasteiger partial charge in [0.15, 0.2) is 6.10 Å². The molecule has 0 saturated heterocycles. The number of esters is 3. The van der Waals surface area contributed by atoms with Gasteiger partial charge in [0.05, 0.1) is 0 Å². The van der Waals surface area contributed by atoms with Crippen LogP contribution >= 0.6 is 0 Å². The van der Waals surface area contributed by atoms with E-state index in [-0.39, 0.29) is 44.0 Å². The molecular formula is C61H98O6. The van der Waals surface area contributed by atoms with E-state index in [9.17, 15) is 14.4 Å². The van der Waals surface area contributed by atoms with Crippen molar-refractivity contribution in [3.63, 3.8) is 0 Å². The van der Waals surface area contributed by atoms with Gasteiger partial charge in [-0.25, -0.2) is 0 Å². The Hall–Kier alpha value is -4.19. The first-order valence-corrected chi connectivity index (χ1v) is 27.0. The molecule has 0 unspecified atom stereocenters. The predicted molar refractivity (Wildman–Crippen MR) is 288 cm³/mol. The number of hydrogen-bond donors (Lipinski definition) is 0. The van der Waals surface area contributed by atoms with Gasteiger partial charge in [-0.1, -0.05) is 232 Å². The third-order valence-electron chi connectivity index (χ3n) is 11.0. The van der Waals surface area contributed by atoms with E-state index < -0.39 is 6.10 Å². The fourth-order valence-corrected chi connectivity index (χ4v) is 6.93. The molecule has 0 N–H and O–H groups in total. The van der Waals surface area contributed by atoms with Crippen LogP contribution in [0.25, 0.3) is 0 Å². The fraction of sp³-hybridized carbons (Fsp3) is 0.623. The lowest BCUT2D eigenvalue weighted by Gasteiger charge is -2.18. The van der Waals surface area contributed by atoms with E-state index in [2.05, 4.69) is 130 Å². The van der Waals surface area contributed by atoms with Crippen molar-refractivity contribution in [3.05, 3.63) is 122 Å². The summed E-state index contributed by atoms with van der Waals surface area (Å²) in [6.07, 6.45) is 74.8. The number of ether oxygens (including phenoxy) is 3. The minimum Gasteiger partial charge on any atom is -0.462 e. The highest BCUT2D eigenvalue weighted by molar-refractivity contribution is 5.71. The first-order chi connectivity index (χ1) is 33.0. The monoisotopic (exact) mass is 927 g/mol. The van der Waals surface area contributed by atoms with Crippen molar-refractivity contribution in [1.29, 1.82) is 0 Å². The van der Waals surface area contributed by atoms with E-state index in [4.69, 9.17) is 14.2 Å². The summed E-state index contributed by atoms with van der Waals surface area (Å²) in [4.78, 5) is 38.0. The Morgan fingerprint density at radius 3 is 1.04 bits per heavy atom. The average Bonchev–Trinajstić information content (AvgIpc) is 3.33. The summed E-state index contributed by atoms with van der Waals surface area (Å²) in [5, 5.41) is 0. The van der Waals surface area contributed by atoms with Crippen LogP contribution in [0.2, 0.25) is 0 Å². The summed E-state index contributed by atoms with van der Waals surface area (Å²) < 4.78 is 16.7. The molecule has 0 amide bonds. The van der Waals surface area contributed by atoms with Crippen LogP contribution in [0.3, 0.4) is 0 Å². The van der Waals surface area contributed by atoms with Gasteiger partial charge in [0.2, 0.25) is 0 Å². The van der Waals surface area contributed by atoms with Crippen LogP contribution < -0.4 is 0 Å². The zero-order chi connectivity index (χ0) is 48.6. The van der Waals surface area contributed by atoms with Gasteiger partial charge in [0.25, 0.3) is 0 Å². The van der Waals surface area contributed by atoms with Crippen LogP contribution in [-0.2, 0) is 28.6 Å². The molecule has 0 aromatic heterocycles. The Bertz CT molecular complexity index is 1440. The van der Waals surface area contributed by atoms with Gasteiger partial charge in [0, 0.05) is 19.3 Å². The highest BCUT2D eigenvalue weighted by Gasteiger charge is 2.19. The van der Waals surface area contributed by atoms with Crippen LogP contribution in [0.15, 0.2) is 122 Å². The molecule has 0 aromatic rings. The lowest BCUT2D eigenvalue weighted by Crippen LogP contribution is -2.30. The molecule has 0 heterocycles. The van der Waals surface area contributed by atoms with Crippen LogP contribution in [0.1, 0.15) is 226 Å². The molecule has 0 bridgehead atoms. The Kier molecular flexibility index (Phi) is 51.0. The topological polar surface area (TPSA) is 78.9 Å². The third-order valence-corrected chi connectivity index (χ3v) is 11.0. The number of hydrogen-bond acceptors (Lipinski definition) is 6. The molecule has 0 aliphatic rings. The smallest absolute Gasteiger partial charge is 0.306 e. The molecule has 6 nitrogen and oxygen atoms in total. The molecule has 0 aliphatic heterocycles. The molecule has 0 radical (unpaired) electrons. The number of carbonyl (C=O) groups is 3. The van der Waals surface area contributed by atoms with Gasteiger partial charge >= 0.3 is 17.9 Å². The van der Waals surface area contributed by atoms with Gasteiger partial charge < -0.3 is 14.2 Å². The maximum absolute atomic E-state index is 12.8. The molecule has 1 atom stereocenters. The second kappa shape index (κ2) is 54.4. The minimum atomic E-state index is -0.838. The van der Waals surface area contributed by atoms with E-state index in [0.717, 1.165) is 83.5 Å². The van der Waals surface area contributed by atoms with Crippen molar-refractivity contribution in [1.82, 2.24) is 0 Å². The summed E-state index contributed by atoms with van der Waals surface area (Å²) in [6, 6.07) is 0. The zero-order valence-electron chi connectivity index (χ0n) is 43.1. The standard InChI is InChI=1S/C61H98O6/c1-4-7-10-13-16-19-22-25-27-29-30-32-33-36-39-42-45-48-51-54-60(63)66-57-58(56-65-59(62)53-50-47-44-41-38-35-24-21-18-15-12-9-6-3)67-61(64)55-52-49-46-43-40-37-34-31-28-26-23-20-17-14-11-8-5-2/h7,10,16-17,19-20,25-28,30,32,34,36-37,39,43,45-46,48,58H,4-6,8-9,11-15,18,21-24,29,31,33,35,38,40-42,44,47,49-57H2,1-3H3/b10-7+,19-16+,20-17+,27-25+,28-26+,32-30+,37-34+,39-36+,46-43+,48-45+/t58-/m1/s1. The molecule has 0 rings (SSSR count). The molecule has 6 heteroatoms. The second-order valence-corrected chi connectivity index (χ2v) is 17.4. The van der Waals surface area contributed by atoms with Crippen LogP contribution in [0.5, 0.6) is 0 Å². The summed E-state index contributed by atoms with van der Waals surface area (Å²) >= 11 is 0. The van der Waals surface area contributed by atoms with Crippen LogP contribution in [0.4, 0.5) is 0 Å². The number of allylic oxidation sites excluding steroid dienone is 20. The van der Waals surface area contributed by atoms with Gasteiger partial charge in [0.1, 0.15) is 13.2 Å². The number of carbonyl (C=O) groups excluding carboxylic acids is 3. The third kappa shape index (κ3) is 52.6. The minimum absolute atomic E-state index is 0.124. The van der Waals surface area contributed by atoms with E-state index in [0.29, 0.717) is 19.3 Å². The molecule has 0 aliphatic carbocycles. The first kappa shape index (κ1) is 62.8. The van der Waals surface area contributed by atoms with Crippen molar-refractivity contribution in [3.8, 4) is 0 Å². The Labute approximate surface area is 412 Å². The zero-order valence-corrected chi connectivity index (χ0v) is 43.1. The Morgan fingerprint density at radius 2 is 0.627 bits per heavy atom. The van der Waals surface area contributed by atoms with E-state index in [1.807, 2.05) is 12.2 Å². The molecule has 0 aromatic carbocycles. The van der Waals surface area contributed by atoms with E-state index >= 15 is 0 Å². The van der Waals surface area contributed by atoms with Crippen molar-refractivity contribution < 1.29 is 28.6 Å². The van der Waals surface area contributed by atoms with Gasteiger partial charge in [-0.05, 0) is 96.3 Å². The van der Waals surface area contributed by atoms with E-state index in [1.165, 1.54) is 89.9 Å². The molecular weight excluding hydrogens is 829 g/mol. The van der Waals surface area contributed by atoms with Gasteiger partial charge in [-0.3, -0.25) is 14.4 Å². The summed E-state index contributed by atoms with van der Waals surface area (Å²) in [5.74, 6) is -1.07. The summed E-state index contributed by atoms with van der Waals surface area (Å²) in [6.45, 7) is 6.37. The van der Waals surface area contributed by atoms with Crippen molar-refractivity contribution in [2.24, 2.45) is 0 Å². The van der Waals surface area contributed by atoms with E-state index in [1.54, 1.807) is 0 Å².